The number of rotatable bonds is 3. The maximum atomic E-state index is 9.67. The van der Waals surface area contributed by atoms with Crippen LogP contribution in [0.1, 0.15) is 34.6 Å². The number of amides is 1. The molecular weight excluding hydrogens is 164 g/mol. The van der Waals surface area contributed by atoms with E-state index in [1.54, 1.807) is 13.1 Å². The third-order valence-corrected chi connectivity index (χ3v) is 0.842. The summed E-state index contributed by atoms with van der Waals surface area (Å²) in [6.45, 7) is 9.85. The molecular formula is C10H22N2O. The minimum Gasteiger partial charge on any atom is -0.335 e. The predicted octanol–water partition coefficient (Wildman–Crippen LogP) is 2.39. The Balaban J connectivity index is -0.000000218. The molecule has 1 N–H and O–H groups in total. The molecule has 13 heavy (non-hydrogen) atoms. The van der Waals surface area contributed by atoms with Gasteiger partial charge in [0.15, 0.2) is 0 Å². The van der Waals surface area contributed by atoms with Crippen molar-refractivity contribution in [3.63, 3.8) is 0 Å². The minimum atomic E-state index is 0.611. The molecule has 0 saturated heterocycles. The average molecular weight is 186 g/mol. The fourth-order valence-corrected chi connectivity index (χ4v) is 0.283. The zero-order valence-corrected chi connectivity index (χ0v) is 9.59. The van der Waals surface area contributed by atoms with Crippen molar-refractivity contribution in [2.75, 3.05) is 7.05 Å². The number of allylic oxidation sites excluding steroid dienone is 1. The van der Waals surface area contributed by atoms with Gasteiger partial charge in [-0.3, -0.25) is 9.79 Å². The Morgan fingerprint density at radius 1 is 1.23 bits per heavy atom. The Morgan fingerprint density at radius 2 is 1.69 bits per heavy atom. The molecule has 3 heteroatoms. The SMILES string of the molecule is CC.CC.CN=C(C)/C=C\NC=O. The lowest BCUT2D eigenvalue weighted by Gasteiger charge is -1.85. The zero-order valence-electron chi connectivity index (χ0n) is 9.59. The van der Waals surface area contributed by atoms with Gasteiger partial charge in [0, 0.05) is 19.0 Å². The molecule has 0 atom stereocenters. The molecule has 0 saturated carbocycles. The van der Waals surface area contributed by atoms with Crippen LogP contribution in [0.15, 0.2) is 17.3 Å². The lowest BCUT2D eigenvalue weighted by Crippen LogP contribution is -1.99. The van der Waals surface area contributed by atoms with E-state index in [1.807, 2.05) is 34.6 Å². The van der Waals surface area contributed by atoms with Gasteiger partial charge in [-0.1, -0.05) is 27.7 Å². The molecule has 0 aromatic heterocycles. The topological polar surface area (TPSA) is 41.5 Å². The first-order valence-corrected chi connectivity index (χ1v) is 4.61. The van der Waals surface area contributed by atoms with Crippen molar-refractivity contribution in [2.24, 2.45) is 4.99 Å². The fourth-order valence-electron chi connectivity index (χ4n) is 0.283. The van der Waals surface area contributed by atoms with E-state index in [1.165, 1.54) is 6.20 Å². The van der Waals surface area contributed by atoms with Gasteiger partial charge in [0.05, 0.1) is 0 Å². The summed E-state index contributed by atoms with van der Waals surface area (Å²) in [6.07, 6.45) is 3.86. The Morgan fingerprint density at radius 3 is 2.00 bits per heavy atom. The highest BCUT2D eigenvalue weighted by Gasteiger charge is 1.75. The monoisotopic (exact) mass is 186 g/mol. The molecule has 0 bridgehead atoms. The number of hydrogen-bond acceptors (Lipinski definition) is 2. The number of hydrogen-bond donors (Lipinski definition) is 1. The summed E-state index contributed by atoms with van der Waals surface area (Å²) >= 11 is 0. The second kappa shape index (κ2) is 22.4. The van der Waals surface area contributed by atoms with Crippen LogP contribution in [-0.2, 0) is 4.79 Å². The second-order valence-electron chi connectivity index (χ2n) is 1.48. The Labute approximate surface area is 82.0 Å². The highest BCUT2D eigenvalue weighted by molar-refractivity contribution is 5.92. The highest BCUT2D eigenvalue weighted by Crippen LogP contribution is 1.74. The van der Waals surface area contributed by atoms with Crippen molar-refractivity contribution in [3.05, 3.63) is 12.3 Å². The van der Waals surface area contributed by atoms with Crippen molar-refractivity contribution in [1.29, 1.82) is 0 Å². The molecule has 0 heterocycles. The molecule has 0 aliphatic carbocycles. The van der Waals surface area contributed by atoms with Gasteiger partial charge in [0.1, 0.15) is 0 Å². The number of nitrogens with one attached hydrogen (secondary N) is 1. The molecule has 0 rings (SSSR count). The summed E-state index contributed by atoms with van der Waals surface area (Å²) in [5, 5.41) is 2.37. The standard InChI is InChI=1S/C6H10N2O.2C2H6/c1-6(7-2)3-4-8-5-9;2*1-2/h3-5H,1-2H3,(H,8,9);2*1-2H3/b4-3-,7-6?;;. The van der Waals surface area contributed by atoms with Crippen LogP contribution in [0.3, 0.4) is 0 Å². The van der Waals surface area contributed by atoms with E-state index in [0.29, 0.717) is 6.41 Å². The van der Waals surface area contributed by atoms with Crippen LogP contribution in [0.5, 0.6) is 0 Å². The van der Waals surface area contributed by atoms with Crippen molar-refractivity contribution >= 4 is 12.1 Å². The van der Waals surface area contributed by atoms with Crippen molar-refractivity contribution < 1.29 is 4.79 Å². The smallest absolute Gasteiger partial charge is 0.211 e. The van der Waals surface area contributed by atoms with Crippen molar-refractivity contribution in [3.8, 4) is 0 Å². The fraction of sp³-hybridized carbons (Fsp3) is 0.600. The predicted molar refractivity (Wildman–Crippen MR) is 60.1 cm³/mol. The molecule has 0 unspecified atom stereocenters. The van der Waals surface area contributed by atoms with Crippen LogP contribution in [0.2, 0.25) is 0 Å². The van der Waals surface area contributed by atoms with Gasteiger partial charge >= 0.3 is 0 Å². The summed E-state index contributed by atoms with van der Waals surface area (Å²) in [5.74, 6) is 0. The second-order valence-corrected chi connectivity index (χ2v) is 1.48. The maximum absolute atomic E-state index is 9.67. The highest BCUT2D eigenvalue weighted by atomic mass is 16.1. The molecule has 1 amide bonds. The molecule has 0 aromatic carbocycles. The third kappa shape index (κ3) is 24.8. The van der Waals surface area contributed by atoms with E-state index in [2.05, 4.69) is 10.3 Å². The lowest BCUT2D eigenvalue weighted by atomic mass is 10.4. The largest absolute Gasteiger partial charge is 0.335 e. The van der Waals surface area contributed by atoms with E-state index in [9.17, 15) is 4.79 Å². The summed E-state index contributed by atoms with van der Waals surface area (Å²) in [4.78, 5) is 13.5. The van der Waals surface area contributed by atoms with Crippen LogP contribution < -0.4 is 5.32 Å². The molecule has 0 radical (unpaired) electrons. The molecule has 0 aliphatic rings. The van der Waals surface area contributed by atoms with E-state index >= 15 is 0 Å². The van der Waals surface area contributed by atoms with Crippen LogP contribution in [0, 0.1) is 0 Å². The molecule has 0 spiro atoms. The molecule has 78 valence electrons. The van der Waals surface area contributed by atoms with Gasteiger partial charge < -0.3 is 5.32 Å². The minimum absolute atomic E-state index is 0.611. The normalized spacial score (nSPS) is 9.23. The molecule has 0 fully saturated rings. The Hall–Kier alpha value is -1.12. The third-order valence-electron chi connectivity index (χ3n) is 0.842. The Bertz CT molecular complexity index is 140. The zero-order chi connectivity index (χ0) is 11.1. The number of carbonyl (C=O) groups is 1. The van der Waals surface area contributed by atoms with Gasteiger partial charge in [-0.25, -0.2) is 0 Å². The van der Waals surface area contributed by atoms with Gasteiger partial charge in [-0.2, -0.15) is 0 Å². The van der Waals surface area contributed by atoms with Gasteiger partial charge in [0.2, 0.25) is 6.41 Å². The van der Waals surface area contributed by atoms with E-state index in [4.69, 9.17) is 0 Å². The van der Waals surface area contributed by atoms with Gasteiger partial charge in [0.25, 0.3) is 0 Å². The Kier molecular flexibility index (Phi) is 30.8. The van der Waals surface area contributed by atoms with Gasteiger partial charge in [-0.05, 0) is 13.0 Å². The number of nitrogens with zero attached hydrogens (tertiary/aromatic N) is 1. The first-order valence-electron chi connectivity index (χ1n) is 4.61. The van der Waals surface area contributed by atoms with Crippen molar-refractivity contribution in [1.82, 2.24) is 5.32 Å². The average Bonchev–Trinajstić information content (AvgIpc) is 2.24. The van der Waals surface area contributed by atoms with Crippen LogP contribution >= 0.6 is 0 Å². The van der Waals surface area contributed by atoms with Crippen LogP contribution in [-0.4, -0.2) is 19.2 Å². The quantitative estimate of drug-likeness (QED) is 0.533. The first kappa shape index (κ1) is 17.8. The summed E-state index contributed by atoms with van der Waals surface area (Å²) in [6, 6.07) is 0. The summed E-state index contributed by atoms with van der Waals surface area (Å²) in [5.41, 5.74) is 0.879. The lowest BCUT2D eigenvalue weighted by molar-refractivity contribution is -0.108. The number of aliphatic imine (C=N–C) groups is 1. The molecule has 3 nitrogen and oxygen atoms in total. The first-order chi connectivity index (χ1) is 6.31. The number of carbonyl (C=O) groups excluding carboxylic acids is 1. The maximum Gasteiger partial charge on any atom is 0.211 e. The van der Waals surface area contributed by atoms with Crippen LogP contribution in [0.25, 0.3) is 0 Å². The van der Waals surface area contributed by atoms with Gasteiger partial charge in [-0.15, -0.1) is 0 Å². The van der Waals surface area contributed by atoms with Crippen LogP contribution in [0.4, 0.5) is 0 Å². The van der Waals surface area contributed by atoms with E-state index in [0.717, 1.165) is 5.71 Å². The van der Waals surface area contributed by atoms with E-state index < -0.39 is 0 Å². The summed E-state index contributed by atoms with van der Waals surface area (Å²) < 4.78 is 0. The van der Waals surface area contributed by atoms with E-state index in [-0.39, 0.29) is 0 Å². The molecule has 0 aliphatic heterocycles. The van der Waals surface area contributed by atoms with Crippen molar-refractivity contribution in [2.45, 2.75) is 34.6 Å². The molecule has 0 aromatic rings. The summed E-state index contributed by atoms with van der Waals surface area (Å²) in [7, 11) is 1.70.